The average Bonchev–Trinajstić information content (AvgIpc) is 3.14. The van der Waals surface area contributed by atoms with Gasteiger partial charge in [-0.15, -0.1) is 11.3 Å². The molecule has 130 valence electrons. The summed E-state index contributed by atoms with van der Waals surface area (Å²) in [6, 6.07) is 3.34. The summed E-state index contributed by atoms with van der Waals surface area (Å²) in [7, 11) is 0. The van der Waals surface area contributed by atoms with Crippen LogP contribution in [0, 0.1) is 0 Å². The van der Waals surface area contributed by atoms with Crippen LogP contribution in [0.5, 0.6) is 0 Å². The standard InChI is InChI=1S/C15H19N3O4S2/c1-2-6-17-13(20)14(21)18(15(17)22)9-12(19)16-5-8-23-10-11-4-3-7-24-11/h3-4,7H,2,5-6,8-10H2,1H3,(H,16,19). The van der Waals surface area contributed by atoms with Crippen LogP contribution in [0.15, 0.2) is 17.5 Å². The van der Waals surface area contributed by atoms with E-state index in [2.05, 4.69) is 11.4 Å². The molecule has 0 saturated carbocycles. The number of hydrogen-bond acceptors (Lipinski definition) is 6. The Labute approximate surface area is 148 Å². The second-order valence-electron chi connectivity index (χ2n) is 5.11. The maximum Gasteiger partial charge on any atom is 0.334 e. The zero-order chi connectivity index (χ0) is 17.5. The van der Waals surface area contributed by atoms with Crippen LogP contribution in [-0.2, 0) is 20.1 Å². The largest absolute Gasteiger partial charge is 0.354 e. The van der Waals surface area contributed by atoms with Gasteiger partial charge in [-0.2, -0.15) is 11.8 Å². The molecule has 5 amide bonds. The molecule has 1 aromatic heterocycles. The van der Waals surface area contributed by atoms with Crippen LogP contribution < -0.4 is 5.32 Å². The Morgan fingerprint density at radius 1 is 1.25 bits per heavy atom. The van der Waals surface area contributed by atoms with Crippen molar-refractivity contribution in [3.05, 3.63) is 22.4 Å². The van der Waals surface area contributed by atoms with Crippen molar-refractivity contribution in [3.63, 3.8) is 0 Å². The number of thiophene rings is 1. The van der Waals surface area contributed by atoms with Gasteiger partial charge in [-0.25, -0.2) is 9.69 Å². The van der Waals surface area contributed by atoms with Crippen molar-refractivity contribution in [2.45, 2.75) is 19.1 Å². The molecule has 2 heterocycles. The average molecular weight is 369 g/mol. The van der Waals surface area contributed by atoms with Crippen molar-refractivity contribution in [2.24, 2.45) is 0 Å². The topological polar surface area (TPSA) is 86.8 Å². The molecule has 7 nitrogen and oxygen atoms in total. The van der Waals surface area contributed by atoms with Gasteiger partial charge in [-0.05, 0) is 17.9 Å². The van der Waals surface area contributed by atoms with Crippen LogP contribution in [0.2, 0.25) is 0 Å². The fourth-order valence-electron chi connectivity index (χ4n) is 2.14. The molecule has 0 aliphatic carbocycles. The molecule has 1 fully saturated rings. The maximum atomic E-state index is 12.0. The molecule has 1 saturated heterocycles. The van der Waals surface area contributed by atoms with E-state index in [1.165, 1.54) is 4.88 Å². The summed E-state index contributed by atoms with van der Waals surface area (Å²) in [5, 5.41) is 4.68. The van der Waals surface area contributed by atoms with Crippen molar-refractivity contribution in [1.29, 1.82) is 0 Å². The quantitative estimate of drug-likeness (QED) is 0.403. The van der Waals surface area contributed by atoms with E-state index in [0.29, 0.717) is 17.9 Å². The molecule has 0 spiro atoms. The zero-order valence-corrected chi connectivity index (χ0v) is 15.0. The van der Waals surface area contributed by atoms with Gasteiger partial charge < -0.3 is 5.32 Å². The van der Waals surface area contributed by atoms with Crippen molar-refractivity contribution < 1.29 is 19.2 Å². The second-order valence-corrected chi connectivity index (χ2v) is 7.25. The molecule has 2 rings (SSSR count). The molecule has 0 aromatic carbocycles. The fourth-order valence-corrected chi connectivity index (χ4v) is 3.84. The monoisotopic (exact) mass is 369 g/mol. The number of imide groups is 2. The molecule has 1 aliphatic rings. The first-order chi connectivity index (χ1) is 11.5. The molecule has 0 bridgehead atoms. The number of carbonyl (C=O) groups is 4. The lowest BCUT2D eigenvalue weighted by Crippen LogP contribution is -2.42. The molecule has 24 heavy (non-hydrogen) atoms. The van der Waals surface area contributed by atoms with Gasteiger partial charge in [0.2, 0.25) is 5.91 Å². The van der Waals surface area contributed by atoms with Crippen LogP contribution in [0.1, 0.15) is 18.2 Å². The Balaban J connectivity index is 1.71. The van der Waals surface area contributed by atoms with Gasteiger partial charge in [0.05, 0.1) is 0 Å². The molecule has 1 aliphatic heterocycles. The first-order valence-electron chi connectivity index (χ1n) is 7.58. The number of hydrogen-bond donors (Lipinski definition) is 1. The Morgan fingerprint density at radius 2 is 2.00 bits per heavy atom. The summed E-state index contributed by atoms with van der Waals surface area (Å²) < 4.78 is 0. The van der Waals surface area contributed by atoms with E-state index in [1.54, 1.807) is 30.0 Å². The number of carbonyl (C=O) groups excluding carboxylic acids is 4. The van der Waals surface area contributed by atoms with Crippen molar-refractivity contribution in [1.82, 2.24) is 15.1 Å². The first kappa shape index (κ1) is 18.5. The van der Waals surface area contributed by atoms with E-state index < -0.39 is 30.3 Å². The molecule has 0 unspecified atom stereocenters. The Bertz CT molecular complexity index is 618. The van der Waals surface area contributed by atoms with Gasteiger partial charge in [-0.3, -0.25) is 19.3 Å². The predicted molar refractivity (Wildman–Crippen MR) is 92.6 cm³/mol. The highest BCUT2D eigenvalue weighted by molar-refractivity contribution is 7.98. The van der Waals surface area contributed by atoms with Crippen LogP contribution in [0.3, 0.4) is 0 Å². The van der Waals surface area contributed by atoms with Gasteiger partial charge in [0.1, 0.15) is 6.54 Å². The van der Waals surface area contributed by atoms with Gasteiger partial charge in [0, 0.05) is 29.5 Å². The Hall–Kier alpha value is -1.87. The smallest absolute Gasteiger partial charge is 0.334 e. The van der Waals surface area contributed by atoms with E-state index in [0.717, 1.165) is 16.4 Å². The summed E-state index contributed by atoms with van der Waals surface area (Å²) in [6.45, 7) is 2.01. The third-order valence-corrected chi connectivity index (χ3v) is 5.34. The number of nitrogens with zero attached hydrogens (tertiary/aromatic N) is 2. The van der Waals surface area contributed by atoms with Crippen molar-refractivity contribution in [3.8, 4) is 0 Å². The number of urea groups is 1. The lowest BCUT2D eigenvalue weighted by Gasteiger charge is -2.14. The van der Waals surface area contributed by atoms with Crippen LogP contribution in [0.4, 0.5) is 4.79 Å². The molecule has 9 heteroatoms. The highest BCUT2D eigenvalue weighted by Gasteiger charge is 2.44. The van der Waals surface area contributed by atoms with Crippen molar-refractivity contribution >= 4 is 46.9 Å². The Kier molecular flexibility index (Phi) is 6.80. The normalized spacial score (nSPS) is 14.6. The lowest BCUT2D eigenvalue weighted by molar-refractivity contribution is -0.144. The fraction of sp³-hybridized carbons (Fsp3) is 0.467. The highest BCUT2D eigenvalue weighted by Crippen LogP contribution is 2.16. The summed E-state index contributed by atoms with van der Waals surface area (Å²) in [6.07, 6.45) is 0.562. The SMILES string of the molecule is CCCN1C(=O)C(=O)N(CC(=O)NCCSCc2cccs2)C1=O. The van der Waals surface area contributed by atoms with Gasteiger partial charge >= 0.3 is 17.8 Å². The van der Waals surface area contributed by atoms with Gasteiger partial charge in [-0.1, -0.05) is 13.0 Å². The summed E-state index contributed by atoms with van der Waals surface area (Å²) in [4.78, 5) is 50.2. The van der Waals surface area contributed by atoms with Crippen molar-refractivity contribution in [2.75, 3.05) is 25.4 Å². The second kappa shape index (κ2) is 8.84. The van der Waals surface area contributed by atoms with E-state index >= 15 is 0 Å². The van der Waals surface area contributed by atoms with Crippen LogP contribution in [-0.4, -0.2) is 58.9 Å². The molecule has 1 aromatic rings. The minimum Gasteiger partial charge on any atom is -0.354 e. The van der Waals surface area contributed by atoms with E-state index in [4.69, 9.17) is 0 Å². The lowest BCUT2D eigenvalue weighted by atomic mass is 10.4. The van der Waals surface area contributed by atoms with Crippen LogP contribution >= 0.6 is 23.1 Å². The molecule has 0 atom stereocenters. The molecule has 1 N–H and O–H groups in total. The highest BCUT2D eigenvalue weighted by atomic mass is 32.2. The minimum atomic E-state index is -0.935. The predicted octanol–water partition coefficient (Wildman–Crippen LogP) is 1.30. The third kappa shape index (κ3) is 4.57. The molecular formula is C15H19N3O4S2. The molecule has 0 radical (unpaired) electrons. The zero-order valence-electron chi connectivity index (χ0n) is 13.3. The number of amides is 5. The summed E-state index contributed by atoms with van der Waals surface area (Å²) in [5.41, 5.74) is 0. The molecular weight excluding hydrogens is 350 g/mol. The number of rotatable bonds is 9. The Morgan fingerprint density at radius 3 is 2.67 bits per heavy atom. The third-order valence-electron chi connectivity index (χ3n) is 3.28. The van der Waals surface area contributed by atoms with Gasteiger partial charge in [0.15, 0.2) is 0 Å². The van der Waals surface area contributed by atoms with Gasteiger partial charge in [0.25, 0.3) is 0 Å². The van der Waals surface area contributed by atoms with E-state index in [9.17, 15) is 19.2 Å². The summed E-state index contributed by atoms with van der Waals surface area (Å²) >= 11 is 3.38. The maximum absolute atomic E-state index is 12.0. The summed E-state index contributed by atoms with van der Waals surface area (Å²) in [5.74, 6) is -0.625. The van der Waals surface area contributed by atoms with Crippen LogP contribution in [0.25, 0.3) is 0 Å². The van der Waals surface area contributed by atoms with E-state index in [-0.39, 0.29) is 6.54 Å². The number of nitrogens with one attached hydrogen (secondary N) is 1. The first-order valence-corrected chi connectivity index (χ1v) is 9.62. The van der Waals surface area contributed by atoms with E-state index in [1.807, 2.05) is 11.4 Å². The minimum absolute atomic E-state index is 0.181. The number of thioether (sulfide) groups is 1.